The molecule has 9 heteroatoms. The number of fused-ring (bicyclic) bond motifs is 2. The van der Waals surface area contributed by atoms with Gasteiger partial charge in [0, 0.05) is 23.6 Å². The standard InChI is InChI=1S/C22H23FN4O4/c1-11-19-15(8-13(24)20(11)28-2)25-10-26-22(19)27-14-4-3-12(23)7-17(14)31-18-9-30-16-5-6-29-21(16)18/h3-4,7-8,10,16,18,21H,5-6,9,24H2,1-2H3,(H,25,26,27)/t16-,18?,21+/m1/s1. The van der Waals surface area contributed by atoms with Crippen molar-refractivity contribution in [3.05, 3.63) is 42.0 Å². The van der Waals surface area contributed by atoms with Crippen molar-refractivity contribution in [3.63, 3.8) is 0 Å². The number of nitrogens with two attached hydrogens (primary N) is 1. The van der Waals surface area contributed by atoms with Crippen molar-refractivity contribution in [1.82, 2.24) is 9.97 Å². The summed E-state index contributed by atoms with van der Waals surface area (Å²) in [6.07, 6.45) is 1.86. The molecule has 3 heterocycles. The van der Waals surface area contributed by atoms with E-state index in [0.717, 1.165) is 17.4 Å². The van der Waals surface area contributed by atoms with E-state index in [9.17, 15) is 4.39 Å². The van der Waals surface area contributed by atoms with Crippen LogP contribution in [-0.2, 0) is 9.47 Å². The number of aryl methyl sites for hydroxylation is 1. The molecular formula is C22H23FN4O4. The lowest BCUT2D eigenvalue weighted by Crippen LogP contribution is -2.32. The monoisotopic (exact) mass is 426 g/mol. The fourth-order valence-electron chi connectivity index (χ4n) is 4.31. The second-order valence-electron chi connectivity index (χ2n) is 7.66. The number of nitrogens with zero attached hydrogens (tertiary/aromatic N) is 2. The number of nitrogens with one attached hydrogen (secondary N) is 1. The van der Waals surface area contributed by atoms with Crippen molar-refractivity contribution in [1.29, 1.82) is 0 Å². The number of anilines is 3. The van der Waals surface area contributed by atoms with Crippen molar-refractivity contribution in [3.8, 4) is 11.5 Å². The first-order valence-corrected chi connectivity index (χ1v) is 10.1. The van der Waals surface area contributed by atoms with Gasteiger partial charge in [-0.15, -0.1) is 0 Å². The van der Waals surface area contributed by atoms with Crippen molar-refractivity contribution < 1.29 is 23.3 Å². The van der Waals surface area contributed by atoms with Crippen molar-refractivity contribution >= 4 is 28.1 Å². The van der Waals surface area contributed by atoms with E-state index in [0.29, 0.717) is 47.4 Å². The Hall–Kier alpha value is -3.17. The van der Waals surface area contributed by atoms with Crippen LogP contribution in [0.25, 0.3) is 10.9 Å². The molecule has 2 fully saturated rings. The highest BCUT2D eigenvalue weighted by molar-refractivity contribution is 5.97. The number of hydrogen-bond acceptors (Lipinski definition) is 8. The molecule has 2 saturated heterocycles. The quantitative estimate of drug-likeness (QED) is 0.599. The molecule has 0 radical (unpaired) electrons. The Morgan fingerprint density at radius 3 is 2.94 bits per heavy atom. The summed E-state index contributed by atoms with van der Waals surface area (Å²) in [7, 11) is 1.56. The number of ether oxygens (including phenoxy) is 4. The van der Waals surface area contributed by atoms with E-state index in [2.05, 4.69) is 15.3 Å². The van der Waals surface area contributed by atoms with Gasteiger partial charge in [0.1, 0.15) is 35.6 Å². The summed E-state index contributed by atoms with van der Waals surface area (Å²) in [5.41, 5.74) is 8.62. The molecule has 162 valence electrons. The lowest BCUT2D eigenvalue weighted by atomic mass is 10.1. The minimum Gasteiger partial charge on any atom is -0.494 e. The summed E-state index contributed by atoms with van der Waals surface area (Å²) in [5.74, 6) is 1.06. The van der Waals surface area contributed by atoms with E-state index < -0.39 is 5.82 Å². The molecule has 3 aromatic rings. The minimum absolute atomic E-state index is 0.0290. The Labute approximate surface area is 178 Å². The van der Waals surface area contributed by atoms with Crippen LogP contribution in [0.1, 0.15) is 12.0 Å². The summed E-state index contributed by atoms with van der Waals surface area (Å²) in [6, 6.07) is 6.07. The molecule has 0 aliphatic carbocycles. The predicted molar refractivity (Wildman–Crippen MR) is 113 cm³/mol. The number of rotatable bonds is 5. The van der Waals surface area contributed by atoms with Gasteiger partial charge in [-0.25, -0.2) is 14.4 Å². The topological polar surface area (TPSA) is 101 Å². The van der Waals surface area contributed by atoms with Crippen LogP contribution >= 0.6 is 0 Å². The van der Waals surface area contributed by atoms with Crippen LogP contribution in [0.5, 0.6) is 11.5 Å². The Balaban J connectivity index is 1.51. The lowest BCUT2D eigenvalue weighted by molar-refractivity contribution is 0.0310. The molecule has 8 nitrogen and oxygen atoms in total. The van der Waals surface area contributed by atoms with Crippen molar-refractivity contribution in [2.45, 2.75) is 31.7 Å². The maximum Gasteiger partial charge on any atom is 0.151 e. The average Bonchev–Trinajstić information content (AvgIpc) is 3.35. The zero-order valence-corrected chi connectivity index (χ0v) is 17.2. The van der Waals surface area contributed by atoms with Gasteiger partial charge in [-0.3, -0.25) is 0 Å². The van der Waals surface area contributed by atoms with Gasteiger partial charge in [0.25, 0.3) is 0 Å². The van der Waals surface area contributed by atoms with Gasteiger partial charge in [0.15, 0.2) is 6.10 Å². The van der Waals surface area contributed by atoms with Crippen LogP contribution in [-0.4, -0.2) is 48.6 Å². The van der Waals surface area contributed by atoms with Crippen LogP contribution in [0.2, 0.25) is 0 Å². The van der Waals surface area contributed by atoms with E-state index in [4.69, 9.17) is 24.7 Å². The second-order valence-corrected chi connectivity index (χ2v) is 7.66. The molecular weight excluding hydrogens is 403 g/mol. The Bertz CT molecular complexity index is 1140. The van der Waals surface area contributed by atoms with E-state index in [1.165, 1.54) is 18.5 Å². The zero-order chi connectivity index (χ0) is 21.5. The first-order valence-electron chi connectivity index (χ1n) is 10.1. The molecule has 31 heavy (non-hydrogen) atoms. The molecule has 0 saturated carbocycles. The molecule has 1 unspecified atom stereocenters. The molecule has 0 bridgehead atoms. The minimum atomic E-state index is -0.401. The largest absolute Gasteiger partial charge is 0.494 e. The van der Waals surface area contributed by atoms with Crippen LogP contribution in [0, 0.1) is 12.7 Å². The van der Waals surface area contributed by atoms with Crippen LogP contribution in [0.3, 0.4) is 0 Å². The predicted octanol–water partition coefficient (Wildman–Crippen LogP) is 3.35. The maximum atomic E-state index is 14.1. The Morgan fingerprint density at radius 1 is 1.23 bits per heavy atom. The summed E-state index contributed by atoms with van der Waals surface area (Å²) >= 11 is 0. The van der Waals surface area contributed by atoms with Gasteiger partial charge in [-0.1, -0.05) is 0 Å². The number of hydrogen-bond donors (Lipinski definition) is 2. The number of nitrogen functional groups attached to an aromatic ring is 1. The maximum absolute atomic E-state index is 14.1. The highest BCUT2D eigenvalue weighted by Gasteiger charge is 2.43. The Morgan fingerprint density at radius 2 is 2.10 bits per heavy atom. The number of methoxy groups -OCH3 is 1. The van der Waals surface area contributed by atoms with E-state index in [1.54, 1.807) is 19.2 Å². The molecule has 3 atom stereocenters. The highest BCUT2D eigenvalue weighted by Crippen LogP contribution is 2.38. The van der Waals surface area contributed by atoms with E-state index in [-0.39, 0.29) is 18.3 Å². The second kappa shape index (κ2) is 7.82. The molecule has 0 spiro atoms. The zero-order valence-electron chi connectivity index (χ0n) is 17.2. The summed E-state index contributed by atoms with van der Waals surface area (Å²) in [5, 5.41) is 4.02. The normalized spacial score (nSPS) is 22.5. The Kier molecular flexibility index (Phi) is 4.99. The van der Waals surface area contributed by atoms with Gasteiger partial charge in [-0.05, 0) is 31.5 Å². The molecule has 1 aromatic heterocycles. The first kappa shape index (κ1) is 19.8. The highest BCUT2D eigenvalue weighted by atomic mass is 19.1. The van der Waals surface area contributed by atoms with Crippen molar-refractivity contribution in [2.24, 2.45) is 0 Å². The van der Waals surface area contributed by atoms with Crippen molar-refractivity contribution in [2.75, 3.05) is 31.4 Å². The third-order valence-electron chi connectivity index (χ3n) is 5.75. The van der Waals surface area contributed by atoms with Crippen LogP contribution < -0.4 is 20.5 Å². The van der Waals surface area contributed by atoms with Crippen LogP contribution in [0.15, 0.2) is 30.6 Å². The van der Waals surface area contributed by atoms with Crippen LogP contribution in [0.4, 0.5) is 21.6 Å². The summed E-state index contributed by atoms with van der Waals surface area (Å²) < 4.78 is 37.1. The SMILES string of the molecule is COc1c(N)cc2ncnc(Nc3ccc(F)cc3OC3CO[C@@H]4CCO[C@H]34)c2c1C. The van der Waals surface area contributed by atoms with Gasteiger partial charge in [0.05, 0.1) is 36.7 Å². The average molecular weight is 426 g/mol. The third-order valence-corrected chi connectivity index (χ3v) is 5.75. The molecule has 5 rings (SSSR count). The molecule has 2 aliphatic rings. The first-order chi connectivity index (χ1) is 15.0. The van der Waals surface area contributed by atoms with E-state index in [1.807, 2.05) is 6.92 Å². The summed E-state index contributed by atoms with van der Waals surface area (Å²) in [6.45, 7) is 2.93. The van der Waals surface area contributed by atoms with Gasteiger partial charge < -0.3 is 30.0 Å². The molecule has 2 aliphatic heterocycles. The smallest absolute Gasteiger partial charge is 0.151 e. The lowest BCUT2D eigenvalue weighted by Gasteiger charge is -2.21. The number of halogens is 1. The van der Waals surface area contributed by atoms with Gasteiger partial charge in [-0.2, -0.15) is 0 Å². The fourth-order valence-corrected chi connectivity index (χ4v) is 4.31. The third kappa shape index (κ3) is 3.49. The van der Waals surface area contributed by atoms with Gasteiger partial charge in [0.2, 0.25) is 0 Å². The fraction of sp³-hybridized carbons (Fsp3) is 0.364. The van der Waals surface area contributed by atoms with E-state index >= 15 is 0 Å². The molecule has 3 N–H and O–H groups in total. The summed E-state index contributed by atoms with van der Waals surface area (Å²) in [4.78, 5) is 8.72. The molecule has 2 aromatic carbocycles. The molecule has 0 amide bonds. The van der Waals surface area contributed by atoms with Gasteiger partial charge >= 0.3 is 0 Å². The number of aromatic nitrogens is 2. The number of benzene rings is 2.